The molecule has 0 saturated heterocycles. The molecule has 0 aliphatic heterocycles. The van der Waals surface area contributed by atoms with Crippen LogP contribution in [0.25, 0.3) is 22.6 Å². The van der Waals surface area contributed by atoms with Gasteiger partial charge in [0, 0.05) is 10.2 Å². The molecule has 4 aromatic rings. The molecule has 0 saturated carbocycles. The summed E-state index contributed by atoms with van der Waals surface area (Å²) in [5.74, 6) is 0.267. The number of rotatable bonds is 4. The van der Waals surface area contributed by atoms with Gasteiger partial charge in [0.25, 0.3) is 5.91 Å². The lowest BCUT2D eigenvalue weighted by molar-refractivity contribution is 0.0974. The van der Waals surface area contributed by atoms with Crippen LogP contribution in [0.5, 0.6) is 11.5 Å². The van der Waals surface area contributed by atoms with Crippen molar-refractivity contribution in [3.63, 3.8) is 0 Å². The lowest BCUT2D eigenvalue weighted by Crippen LogP contribution is -2.34. The largest absolute Gasteiger partial charge is 0.507 e. The standard InChI is InChI=1S/C23H17Br2N3O4S/c1-11-7-13(10-14(19(11)29)22-27-17-5-3-4-6-18(17)32-22)26-23(33)28-21(30)15-8-12(24)9-16(25)20(15)31-2/h3-10,29H,1-2H3,(H2,26,28,30,33). The van der Waals surface area contributed by atoms with E-state index in [0.29, 0.717) is 48.2 Å². The molecule has 4 rings (SSSR count). The Balaban J connectivity index is 1.58. The number of phenols is 1. The fourth-order valence-electron chi connectivity index (χ4n) is 3.27. The molecule has 7 nitrogen and oxygen atoms in total. The van der Waals surface area contributed by atoms with E-state index in [-0.39, 0.29) is 16.8 Å². The first-order valence-electron chi connectivity index (χ1n) is 9.61. The van der Waals surface area contributed by atoms with Crippen LogP contribution in [-0.2, 0) is 0 Å². The van der Waals surface area contributed by atoms with Crippen LogP contribution in [0.4, 0.5) is 5.69 Å². The fraction of sp³-hybridized carbons (Fsp3) is 0.0870. The summed E-state index contributed by atoms with van der Waals surface area (Å²) in [6, 6.07) is 14.1. The lowest BCUT2D eigenvalue weighted by atomic mass is 10.1. The normalized spacial score (nSPS) is 10.8. The van der Waals surface area contributed by atoms with Crippen LogP contribution in [0.3, 0.4) is 0 Å². The monoisotopic (exact) mass is 589 g/mol. The second-order valence-corrected chi connectivity index (χ2v) is 9.23. The van der Waals surface area contributed by atoms with E-state index >= 15 is 0 Å². The zero-order chi connectivity index (χ0) is 23.7. The maximum atomic E-state index is 12.8. The number of hydrogen-bond acceptors (Lipinski definition) is 6. The van der Waals surface area contributed by atoms with Crippen molar-refractivity contribution >= 4 is 71.9 Å². The van der Waals surface area contributed by atoms with Crippen molar-refractivity contribution in [3.05, 3.63) is 68.6 Å². The van der Waals surface area contributed by atoms with Gasteiger partial charge in [0.2, 0.25) is 5.89 Å². The quantitative estimate of drug-likeness (QED) is 0.193. The third kappa shape index (κ3) is 4.87. The highest BCUT2D eigenvalue weighted by Crippen LogP contribution is 2.36. The van der Waals surface area contributed by atoms with Crippen molar-refractivity contribution in [1.29, 1.82) is 0 Å². The summed E-state index contributed by atoms with van der Waals surface area (Å²) in [6.07, 6.45) is 0. The third-order valence-corrected chi connectivity index (χ3v) is 6.02. The summed E-state index contributed by atoms with van der Waals surface area (Å²) >= 11 is 12.1. The van der Waals surface area contributed by atoms with Gasteiger partial charge in [-0.05, 0) is 77.0 Å². The van der Waals surface area contributed by atoms with Crippen molar-refractivity contribution in [2.24, 2.45) is 0 Å². The van der Waals surface area contributed by atoms with Gasteiger partial charge in [-0.1, -0.05) is 28.1 Å². The molecule has 168 valence electrons. The highest BCUT2D eigenvalue weighted by molar-refractivity contribution is 9.11. The van der Waals surface area contributed by atoms with Crippen LogP contribution >= 0.6 is 44.1 Å². The Morgan fingerprint density at radius 1 is 1.18 bits per heavy atom. The van der Waals surface area contributed by atoms with E-state index in [9.17, 15) is 9.90 Å². The Morgan fingerprint density at radius 2 is 1.94 bits per heavy atom. The minimum absolute atomic E-state index is 0.0470. The summed E-state index contributed by atoms with van der Waals surface area (Å²) in [6.45, 7) is 1.75. The number of anilines is 1. The van der Waals surface area contributed by atoms with Gasteiger partial charge in [-0.2, -0.15) is 0 Å². The van der Waals surface area contributed by atoms with Crippen LogP contribution in [0.1, 0.15) is 15.9 Å². The van der Waals surface area contributed by atoms with Crippen LogP contribution in [0.15, 0.2) is 61.9 Å². The number of methoxy groups -OCH3 is 1. The molecule has 10 heteroatoms. The van der Waals surface area contributed by atoms with Crippen molar-refractivity contribution < 1.29 is 19.1 Å². The number of ether oxygens (including phenoxy) is 1. The summed E-state index contributed by atoms with van der Waals surface area (Å²) in [4.78, 5) is 17.3. The maximum Gasteiger partial charge on any atom is 0.261 e. The molecule has 3 N–H and O–H groups in total. The Labute approximate surface area is 211 Å². The number of aryl methyl sites for hydroxylation is 1. The third-order valence-electron chi connectivity index (χ3n) is 4.77. The van der Waals surface area contributed by atoms with Crippen molar-refractivity contribution in [1.82, 2.24) is 10.3 Å². The molecule has 3 aromatic carbocycles. The number of halogens is 2. The minimum atomic E-state index is -0.443. The predicted octanol–water partition coefficient (Wildman–Crippen LogP) is 6.17. The van der Waals surface area contributed by atoms with E-state index in [2.05, 4.69) is 47.5 Å². The number of oxazole rings is 1. The number of aromatic hydroxyl groups is 1. The number of benzene rings is 3. The molecule has 1 heterocycles. The number of fused-ring (bicyclic) bond motifs is 1. The van der Waals surface area contributed by atoms with Gasteiger partial charge in [0.05, 0.1) is 22.7 Å². The van der Waals surface area contributed by atoms with Crippen LogP contribution in [0.2, 0.25) is 0 Å². The van der Waals surface area contributed by atoms with Crippen LogP contribution in [-0.4, -0.2) is 28.2 Å². The van der Waals surface area contributed by atoms with E-state index in [0.717, 1.165) is 0 Å². The zero-order valence-corrected chi connectivity index (χ0v) is 21.4. The lowest BCUT2D eigenvalue weighted by Gasteiger charge is -2.14. The van der Waals surface area contributed by atoms with Crippen LogP contribution < -0.4 is 15.4 Å². The van der Waals surface area contributed by atoms with E-state index in [1.807, 2.05) is 18.2 Å². The molecule has 33 heavy (non-hydrogen) atoms. The highest BCUT2D eigenvalue weighted by atomic mass is 79.9. The zero-order valence-electron chi connectivity index (χ0n) is 17.4. The first kappa shape index (κ1) is 23.2. The van der Waals surface area contributed by atoms with Gasteiger partial charge >= 0.3 is 0 Å². The minimum Gasteiger partial charge on any atom is -0.507 e. The smallest absolute Gasteiger partial charge is 0.261 e. The van der Waals surface area contributed by atoms with Crippen molar-refractivity contribution in [2.75, 3.05) is 12.4 Å². The molecule has 0 bridgehead atoms. The Morgan fingerprint density at radius 3 is 2.67 bits per heavy atom. The summed E-state index contributed by atoms with van der Waals surface area (Å²) in [7, 11) is 1.48. The number of nitrogens with one attached hydrogen (secondary N) is 2. The number of hydrogen-bond donors (Lipinski definition) is 3. The maximum absolute atomic E-state index is 12.8. The number of carbonyl (C=O) groups is 1. The SMILES string of the molecule is COc1c(Br)cc(Br)cc1C(=O)NC(=S)Nc1cc(C)c(O)c(-c2nc3ccccc3o2)c1. The number of nitrogens with zero attached hydrogens (tertiary/aromatic N) is 1. The second-order valence-electron chi connectivity index (χ2n) is 7.05. The molecule has 0 radical (unpaired) electrons. The van der Waals surface area contributed by atoms with E-state index in [4.69, 9.17) is 21.4 Å². The molecular formula is C23H17Br2N3O4S. The summed E-state index contributed by atoms with van der Waals surface area (Å²) < 4.78 is 12.5. The Hall–Kier alpha value is -2.95. The first-order chi connectivity index (χ1) is 15.8. The van der Waals surface area contributed by atoms with E-state index in [1.54, 1.807) is 37.3 Å². The van der Waals surface area contributed by atoms with Crippen molar-refractivity contribution in [3.8, 4) is 23.0 Å². The average Bonchev–Trinajstić information content (AvgIpc) is 3.19. The molecule has 0 atom stereocenters. The van der Waals surface area contributed by atoms with Gasteiger partial charge in [-0.25, -0.2) is 4.98 Å². The molecule has 1 amide bonds. The molecule has 0 fully saturated rings. The molecule has 0 aliphatic carbocycles. The van der Waals surface area contributed by atoms with Crippen LogP contribution in [0, 0.1) is 6.92 Å². The second kappa shape index (κ2) is 9.50. The number of phenolic OH excluding ortho intramolecular Hbond substituents is 1. The molecule has 0 unspecified atom stereocenters. The summed E-state index contributed by atoms with van der Waals surface area (Å²) in [5, 5.41) is 16.3. The highest BCUT2D eigenvalue weighted by Gasteiger charge is 2.19. The van der Waals surface area contributed by atoms with Crippen molar-refractivity contribution in [2.45, 2.75) is 6.92 Å². The average molecular weight is 591 g/mol. The molecular weight excluding hydrogens is 574 g/mol. The fourth-order valence-corrected chi connectivity index (χ4v) is 4.87. The predicted molar refractivity (Wildman–Crippen MR) is 138 cm³/mol. The van der Waals surface area contributed by atoms with Gasteiger partial charge in [0.15, 0.2) is 10.7 Å². The summed E-state index contributed by atoms with van der Waals surface area (Å²) in [5.41, 5.74) is 3.14. The van der Waals surface area contributed by atoms with Gasteiger partial charge in [-0.3, -0.25) is 10.1 Å². The molecule has 0 aliphatic rings. The number of thiocarbonyl (C=S) groups is 1. The van der Waals surface area contributed by atoms with E-state index < -0.39 is 5.91 Å². The topological polar surface area (TPSA) is 96.6 Å². The number of para-hydroxylation sites is 2. The molecule has 1 aromatic heterocycles. The molecule has 0 spiro atoms. The number of aromatic nitrogens is 1. The van der Waals surface area contributed by atoms with E-state index in [1.165, 1.54) is 7.11 Å². The number of carbonyl (C=O) groups excluding carboxylic acids is 1. The number of amides is 1. The Bertz CT molecular complexity index is 1370. The van der Waals surface area contributed by atoms with Gasteiger partial charge < -0.3 is 19.6 Å². The van der Waals surface area contributed by atoms with Gasteiger partial charge in [-0.15, -0.1) is 0 Å². The first-order valence-corrected chi connectivity index (χ1v) is 11.6. The van der Waals surface area contributed by atoms with Gasteiger partial charge in [0.1, 0.15) is 17.0 Å². The Kier molecular flexibility index (Phi) is 6.68.